The Morgan fingerprint density at radius 3 is 2.61 bits per heavy atom. The maximum atomic E-state index is 12.8. The fraction of sp³-hybridized carbons (Fsp3) is 0.214. The number of nitrogens with zero attached hydrogens (tertiary/aromatic N) is 2. The maximum Gasteiger partial charge on any atom is 0.141 e. The van der Waals surface area contributed by atoms with Gasteiger partial charge < -0.3 is 4.90 Å². The van der Waals surface area contributed by atoms with E-state index in [4.69, 9.17) is 0 Å². The van der Waals surface area contributed by atoms with E-state index in [0.29, 0.717) is 0 Å². The van der Waals surface area contributed by atoms with Crippen LogP contribution in [0.1, 0.15) is 5.56 Å². The Hall–Kier alpha value is -1.39. The van der Waals surface area contributed by atoms with E-state index in [1.807, 2.05) is 26.2 Å². The first kappa shape index (κ1) is 13.1. The predicted octanol–water partition coefficient (Wildman–Crippen LogP) is 3.43. The molecule has 4 heteroatoms. The Bertz CT molecular complexity index is 511. The molecule has 1 aromatic carbocycles. The fourth-order valence-electron chi connectivity index (χ4n) is 1.61. The molecule has 1 aromatic heterocycles. The summed E-state index contributed by atoms with van der Waals surface area (Å²) in [6.07, 6.45) is 1.25. The van der Waals surface area contributed by atoms with E-state index < -0.39 is 0 Å². The first-order valence-electron chi connectivity index (χ1n) is 5.67. The minimum Gasteiger partial charge on any atom is -0.305 e. The van der Waals surface area contributed by atoms with Crippen molar-refractivity contribution in [3.8, 4) is 0 Å². The molecule has 94 valence electrons. The second-order valence-corrected chi connectivity index (χ2v) is 5.32. The van der Waals surface area contributed by atoms with Crippen LogP contribution in [0.5, 0.6) is 0 Å². The largest absolute Gasteiger partial charge is 0.305 e. The number of halogens is 1. The van der Waals surface area contributed by atoms with E-state index >= 15 is 0 Å². The van der Waals surface area contributed by atoms with Crippen molar-refractivity contribution in [3.05, 3.63) is 54.0 Å². The Morgan fingerprint density at radius 2 is 1.94 bits per heavy atom. The molecule has 1 heterocycles. The Labute approximate surface area is 111 Å². The molecular weight excluding hydrogens is 246 g/mol. The van der Waals surface area contributed by atoms with Gasteiger partial charge in [-0.25, -0.2) is 9.37 Å². The van der Waals surface area contributed by atoms with Crippen LogP contribution in [-0.2, 0) is 6.54 Å². The molecule has 2 aromatic rings. The van der Waals surface area contributed by atoms with Crippen molar-refractivity contribution in [2.24, 2.45) is 0 Å². The third-order valence-corrected chi connectivity index (χ3v) is 3.44. The summed E-state index contributed by atoms with van der Waals surface area (Å²) < 4.78 is 12.8. The lowest BCUT2D eigenvalue weighted by Gasteiger charge is -2.13. The zero-order chi connectivity index (χ0) is 13.0. The van der Waals surface area contributed by atoms with Crippen LogP contribution < -0.4 is 0 Å². The molecule has 0 radical (unpaired) electrons. The van der Waals surface area contributed by atoms with E-state index in [0.717, 1.165) is 16.5 Å². The van der Waals surface area contributed by atoms with E-state index in [2.05, 4.69) is 22.0 Å². The van der Waals surface area contributed by atoms with Crippen LogP contribution in [0.2, 0.25) is 0 Å². The van der Waals surface area contributed by atoms with Crippen LogP contribution in [-0.4, -0.2) is 24.0 Å². The van der Waals surface area contributed by atoms with Crippen molar-refractivity contribution >= 4 is 11.8 Å². The first-order chi connectivity index (χ1) is 8.65. The number of hydrogen-bond acceptors (Lipinski definition) is 3. The van der Waals surface area contributed by atoms with Gasteiger partial charge in [0.2, 0.25) is 0 Å². The van der Waals surface area contributed by atoms with Gasteiger partial charge in [-0.3, -0.25) is 0 Å². The highest BCUT2D eigenvalue weighted by Gasteiger charge is 2.05. The summed E-state index contributed by atoms with van der Waals surface area (Å²) in [4.78, 5) is 7.35. The van der Waals surface area contributed by atoms with Crippen molar-refractivity contribution in [1.29, 1.82) is 0 Å². The molecule has 2 nitrogen and oxygen atoms in total. The summed E-state index contributed by atoms with van der Waals surface area (Å²) in [5, 5.41) is 0.808. The van der Waals surface area contributed by atoms with Gasteiger partial charge in [0.1, 0.15) is 10.8 Å². The highest BCUT2D eigenvalue weighted by Crippen LogP contribution is 2.29. The molecule has 2 rings (SSSR count). The molecule has 0 aliphatic rings. The fourth-order valence-corrected chi connectivity index (χ4v) is 2.49. The monoisotopic (exact) mass is 261 g/mol. The molecule has 0 aliphatic carbocycles. The first-order valence-corrected chi connectivity index (χ1v) is 6.49. The normalized spacial score (nSPS) is 10.9. The zero-order valence-corrected chi connectivity index (χ0v) is 11.2. The topological polar surface area (TPSA) is 16.1 Å². The van der Waals surface area contributed by atoms with E-state index in [1.54, 1.807) is 17.8 Å². The van der Waals surface area contributed by atoms with Gasteiger partial charge in [-0.15, -0.1) is 0 Å². The smallest absolute Gasteiger partial charge is 0.141 e. The van der Waals surface area contributed by atoms with Gasteiger partial charge in [-0.1, -0.05) is 30.0 Å². The van der Waals surface area contributed by atoms with Gasteiger partial charge in [0.25, 0.3) is 0 Å². The van der Waals surface area contributed by atoms with Gasteiger partial charge in [0.05, 0.1) is 6.20 Å². The molecule has 0 saturated carbocycles. The molecule has 0 fully saturated rings. The summed E-state index contributed by atoms with van der Waals surface area (Å²) in [5.74, 6) is -0.305. The SMILES string of the molecule is CN([11CH3])Cc1ccccc1Sc1ccc(F)cn1. The van der Waals surface area contributed by atoms with Gasteiger partial charge in [-0.05, 0) is 37.9 Å². The van der Waals surface area contributed by atoms with Gasteiger partial charge in [0.15, 0.2) is 0 Å². The zero-order valence-electron chi connectivity index (χ0n) is 10.4. The second-order valence-electron chi connectivity index (χ2n) is 4.26. The maximum absolute atomic E-state index is 12.8. The highest BCUT2D eigenvalue weighted by molar-refractivity contribution is 7.99. The Morgan fingerprint density at radius 1 is 1.17 bits per heavy atom. The van der Waals surface area contributed by atoms with E-state index in [-0.39, 0.29) is 5.82 Å². The molecule has 0 spiro atoms. The lowest BCUT2D eigenvalue weighted by atomic mass is 10.2. The number of pyridine rings is 1. The van der Waals surface area contributed by atoms with Crippen molar-refractivity contribution in [3.63, 3.8) is 0 Å². The summed E-state index contributed by atoms with van der Waals surface area (Å²) in [5.41, 5.74) is 1.25. The number of aromatic nitrogens is 1. The van der Waals surface area contributed by atoms with Crippen LogP contribution in [0, 0.1) is 5.82 Å². The van der Waals surface area contributed by atoms with Crippen LogP contribution in [0.4, 0.5) is 4.39 Å². The molecule has 0 atom stereocenters. The predicted molar refractivity (Wildman–Crippen MR) is 72.2 cm³/mol. The van der Waals surface area contributed by atoms with Crippen LogP contribution in [0.15, 0.2) is 52.5 Å². The number of rotatable bonds is 4. The van der Waals surface area contributed by atoms with Crippen LogP contribution >= 0.6 is 11.8 Å². The minimum absolute atomic E-state index is 0.305. The quantitative estimate of drug-likeness (QED) is 0.839. The molecule has 0 unspecified atom stereocenters. The summed E-state index contributed by atoms with van der Waals surface area (Å²) >= 11 is 1.56. The molecular formula is C14H15FN2S. The molecule has 0 aliphatic heterocycles. The lowest BCUT2D eigenvalue weighted by Crippen LogP contribution is -2.11. The molecule has 0 amide bonds. The summed E-state index contributed by atoms with van der Waals surface area (Å²) in [6.45, 7) is 0.879. The number of hydrogen-bond donors (Lipinski definition) is 0. The van der Waals surface area contributed by atoms with E-state index in [9.17, 15) is 4.39 Å². The second kappa shape index (κ2) is 5.98. The van der Waals surface area contributed by atoms with Gasteiger partial charge in [-0.2, -0.15) is 0 Å². The van der Waals surface area contributed by atoms with Gasteiger partial charge >= 0.3 is 0 Å². The number of benzene rings is 1. The summed E-state index contributed by atoms with van der Waals surface area (Å²) in [6, 6.07) is 11.3. The average molecular weight is 261 g/mol. The molecule has 0 bridgehead atoms. The van der Waals surface area contributed by atoms with Crippen molar-refractivity contribution in [2.45, 2.75) is 16.5 Å². The van der Waals surface area contributed by atoms with Crippen LogP contribution in [0.3, 0.4) is 0 Å². The molecule has 18 heavy (non-hydrogen) atoms. The average Bonchev–Trinajstić information content (AvgIpc) is 2.34. The van der Waals surface area contributed by atoms with Crippen LogP contribution in [0.25, 0.3) is 0 Å². The Balaban J connectivity index is 2.20. The van der Waals surface area contributed by atoms with Crippen molar-refractivity contribution in [1.82, 2.24) is 9.88 Å². The highest BCUT2D eigenvalue weighted by atomic mass is 32.2. The third-order valence-electron chi connectivity index (χ3n) is 2.37. The minimum atomic E-state index is -0.305. The van der Waals surface area contributed by atoms with Crippen molar-refractivity contribution < 1.29 is 4.39 Å². The van der Waals surface area contributed by atoms with Gasteiger partial charge in [0, 0.05) is 11.4 Å². The van der Waals surface area contributed by atoms with Crippen molar-refractivity contribution in [2.75, 3.05) is 14.1 Å². The molecule has 0 saturated heterocycles. The lowest BCUT2D eigenvalue weighted by molar-refractivity contribution is 0.399. The van der Waals surface area contributed by atoms with E-state index in [1.165, 1.54) is 17.8 Å². The third kappa shape index (κ3) is 3.55. The Kier molecular flexibility index (Phi) is 4.33. The standard InChI is InChI=1S/C14H15FN2S/c1-17(2)10-11-5-3-4-6-13(11)18-14-8-7-12(15)9-16-14/h3-9H,10H2,1-2H3/i1-1. The molecule has 0 N–H and O–H groups in total. The summed E-state index contributed by atoms with van der Waals surface area (Å²) in [7, 11) is 4.08.